The summed E-state index contributed by atoms with van der Waals surface area (Å²) in [5.74, 6) is 2.56. The fraction of sp³-hybridized carbons (Fsp3) is 0.111. The van der Waals surface area contributed by atoms with Crippen LogP contribution in [0.25, 0.3) is 0 Å². The number of rotatable bonds is 2. The molecule has 2 rings (SSSR count). The van der Waals surface area contributed by atoms with Crippen LogP contribution in [0.4, 0.5) is 0 Å². The van der Waals surface area contributed by atoms with Gasteiger partial charge in [-0.1, -0.05) is 5.92 Å². The molecule has 64 valence electrons. The highest BCUT2D eigenvalue weighted by atomic mass is 32.1. The molecule has 0 bridgehead atoms. The number of aromatic nitrogens is 3. The van der Waals surface area contributed by atoms with Gasteiger partial charge in [0.2, 0.25) is 0 Å². The van der Waals surface area contributed by atoms with E-state index in [1.165, 1.54) is 0 Å². The smallest absolute Gasteiger partial charge is 0.111 e. The first-order valence-electron chi connectivity index (χ1n) is 3.75. The topological polar surface area (TPSA) is 30.7 Å². The highest BCUT2D eigenvalue weighted by Crippen LogP contribution is 2.05. The second-order valence-corrected chi connectivity index (χ2v) is 3.22. The summed E-state index contributed by atoms with van der Waals surface area (Å²) in [5.41, 5.74) is 3.58. The van der Waals surface area contributed by atoms with Crippen molar-refractivity contribution in [2.45, 2.75) is 6.54 Å². The summed E-state index contributed by atoms with van der Waals surface area (Å²) in [6.07, 6.45) is 6.99. The lowest BCUT2D eigenvalue weighted by atomic mass is 10.4. The van der Waals surface area contributed by atoms with Crippen LogP contribution in [0.15, 0.2) is 23.2 Å². The molecule has 0 N–H and O–H groups in total. The fourth-order valence-electron chi connectivity index (χ4n) is 1.05. The van der Waals surface area contributed by atoms with Crippen molar-refractivity contribution in [1.29, 1.82) is 0 Å². The molecule has 0 amide bonds. The zero-order valence-corrected chi connectivity index (χ0v) is 7.66. The lowest BCUT2D eigenvalue weighted by molar-refractivity contribution is 0.668. The molecule has 0 spiro atoms. The van der Waals surface area contributed by atoms with Crippen LogP contribution in [0.2, 0.25) is 0 Å². The maximum absolute atomic E-state index is 5.30. The van der Waals surface area contributed by atoms with Crippen LogP contribution >= 0.6 is 11.3 Å². The van der Waals surface area contributed by atoms with E-state index in [9.17, 15) is 0 Å². The summed E-state index contributed by atoms with van der Waals surface area (Å²) in [6.45, 7) is 0.649. The van der Waals surface area contributed by atoms with Crippen LogP contribution in [0.5, 0.6) is 0 Å². The van der Waals surface area contributed by atoms with Gasteiger partial charge >= 0.3 is 0 Å². The van der Waals surface area contributed by atoms with Gasteiger partial charge in [-0.25, -0.2) is 4.98 Å². The monoisotopic (exact) mass is 189 g/mol. The Morgan fingerprint density at radius 2 is 2.54 bits per heavy atom. The Kier molecular flexibility index (Phi) is 2.11. The zero-order chi connectivity index (χ0) is 9.10. The van der Waals surface area contributed by atoms with Gasteiger partial charge < -0.3 is 0 Å². The van der Waals surface area contributed by atoms with E-state index >= 15 is 0 Å². The van der Waals surface area contributed by atoms with Crippen molar-refractivity contribution in [3.63, 3.8) is 0 Å². The number of hydrogen-bond acceptors (Lipinski definition) is 3. The molecule has 0 radical (unpaired) electrons. The summed E-state index contributed by atoms with van der Waals surface area (Å²) < 4.78 is 1.76. The minimum Gasteiger partial charge on any atom is -0.251 e. The first-order valence-corrected chi connectivity index (χ1v) is 4.70. The molecule has 0 atom stereocenters. The largest absolute Gasteiger partial charge is 0.251 e. The Labute approximate surface area is 80.0 Å². The van der Waals surface area contributed by atoms with Gasteiger partial charge in [0.15, 0.2) is 0 Å². The van der Waals surface area contributed by atoms with Crippen molar-refractivity contribution in [3.05, 3.63) is 34.5 Å². The Morgan fingerprint density at radius 1 is 1.62 bits per heavy atom. The maximum Gasteiger partial charge on any atom is 0.111 e. The van der Waals surface area contributed by atoms with E-state index in [1.54, 1.807) is 27.7 Å². The molecule has 0 fully saturated rings. The predicted octanol–water partition coefficient (Wildman–Crippen LogP) is 1.37. The molecule has 3 nitrogen and oxygen atoms in total. The second kappa shape index (κ2) is 3.42. The molecule has 0 aromatic carbocycles. The van der Waals surface area contributed by atoms with Gasteiger partial charge in [0.05, 0.1) is 23.9 Å². The third kappa shape index (κ3) is 1.60. The average molecular weight is 189 g/mol. The molecular weight excluding hydrogens is 182 g/mol. The molecule has 0 saturated heterocycles. The SMILES string of the molecule is C#Cc1ccnn1Cc1cscn1. The molecular formula is C9H7N3S. The maximum atomic E-state index is 5.30. The molecule has 2 aromatic rings. The number of terminal acetylenes is 1. The Bertz CT molecular complexity index is 422. The molecule has 0 saturated carbocycles. The Morgan fingerprint density at radius 3 is 3.23 bits per heavy atom. The van der Waals surface area contributed by atoms with E-state index in [2.05, 4.69) is 16.0 Å². The summed E-state index contributed by atoms with van der Waals surface area (Å²) in [6, 6.07) is 1.81. The third-order valence-corrected chi connectivity index (χ3v) is 2.29. The molecule has 2 heterocycles. The molecule has 0 aliphatic rings. The molecule has 2 aromatic heterocycles. The van der Waals surface area contributed by atoms with Crippen LogP contribution < -0.4 is 0 Å². The van der Waals surface area contributed by atoms with Crippen molar-refractivity contribution < 1.29 is 0 Å². The van der Waals surface area contributed by atoms with Gasteiger partial charge in [0.1, 0.15) is 5.69 Å². The normalized spacial score (nSPS) is 9.77. The molecule has 0 unspecified atom stereocenters. The number of nitrogens with zero attached hydrogens (tertiary/aromatic N) is 3. The van der Waals surface area contributed by atoms with Gasteiger partial charge in [0, 0.05) is 5.38 Å². The van der Waals surface area contributed by atoms with E-state index in [4.69, 9.17) is 6.42 Å². The molecule has 4 heteroatoms. The van der Waals surface area contributed by atoms with E-state index in [1.807, 2.05) is 11.4 Å². The minimum atomic E-state index is 0.649. The van der Waals surface area contributed by atoms with E-state index in [0.717, 1.165) is 11.4 Å². The van der Waals surface area contributed by atoms with E-state index in [-0.39, 0.29) is 0 Å². The van der Waals surface area contributed by atoms with Crippen LogP contribution in [-0.4, -0.2) is 14.8 Å². The summed E-state index contributed by atoms with van der Waals surface area (Å²) in [5, 5.41) is 6.09. The molecule has 0 aliphatic heterocycles. The van der Waals surface area contributed by atoms with Gasteiger partial charge in [-0.15, -0.1) is 17.8 Å². The standard InChI is InChI=1S/C9H7N3S/c1-2-9-3-4-11-12(9)5-8-6-13-7-10-8/h1,3-4,6-7H,5H2. The third-order valence-electron chi connectivity index (χ3n) is 1.66. The van der Waals surface area contributed by atoms with Crippen LogP contribution in [0.3, 0.4) is 0 Å². The van der Waals surface area contributed by atoms with Gasteiger partial charge in [0.25, 0.3) is 0 Å². The Balaban J connectivity index is 2.24. The summed E-state index contributed by atoms with van der Waals surface area (Å²) in [7, 11) is 0. The second-order valence-electron chi connectivity index (χ2n) is 2.50. The number of hydrogen-bond donors (Lipinski definition) is 0. The van der Waals surface area contributed by atoms with Crippen molar-refractivity contribution in [2.24, 2.45) is 0 Å². The quantitative estimate of drug-likeness (QED) is 0.668. The van der Waals surface area contributed by atoms with Crippen molar-refractivity contribution in [1.82, 2.24) is 14.8 Å². The van der Waals surface area contributed by atoms with Gasteiger partial charge in [-0.2, -0.15) is 5.10 Å². The van der Waals surface area contributed by atoms with Crippen molar-refractivity contribution in [2.75, 3.05) is 0 Å². The Hall–Kier alpha value is -1.60. The zero-order valence-electron chi connectivity index (χ0n) is 6.84. The highest BCUT2D eigenvalue weighted by Gasteiger charge is 2.01. The summed E-state index contributed by atoms with van der Waals surface area (Å²) in [4.78, 5) is 4.16. The average Bonchev–Trinajstić information content (AvgIpc) is 2.76. The summed E-state index contributed by atoms with van der Waals surface area (Å²) >= 11 is 1.57. The fourth-order valence-corrected chi connectivity index (χ4v) is 1.60. The van der Waals surface area contributed by atoms with Gasteiger partial charge in [-0.3, -0.25) is 4.68 Å². The van der Waals surface area contributed by atoms with Crippen LogP contribution in [-0.2, 0) is 6.54 Å². The highest BCUT2D eigenvalue weighted by molar-refractivity contribution is 7.07. The van der Waals surface area contributed by atoms with Crippen LogP contribution in [0.1, 0.15) is 11.4 Å². The first-order chi connectivity index (χ1) is 6.40. The van der Waals surface area contributed by atoms with Crippen molar-refractivity contribution >= 4 is 11.3 Å². The minimum absolute atomic E-state index is 0.649. The predicted molar refractivity (Wildman–Crippen MR) is 51.4 cm³/mol. The lowest BCUT2D eigenvalue weighted by Crippen LogP contribution is -2.03. The van der Waals surface area contributed by atoms with Crippen LogP contribution in [0, 0.1) is 12.3 Å². The van der Waals surface area contributed by atoms with Crippen molar-refractivity contribution in [3.8, 4) is 12.3 Å². The van der Waals surface area contributed by atoms with E-state index < -0.39 is 0 Å². The van der Waals surface area contributed by atoms with E-state index in [0.29, 0.717) is 6.54 Å². The molecule has 0 aliphatic carbocycles. The number of thiazole rings is 1. The lowest BCUT2D eigenvalue weighted by Gasteiger charge is -1.99. The van der Waals surface area contributed by atoms with Gasteiger partial charge in [-0.05, 0) is 6.07 Å². The first kappa shape index (κ1) is 8.02. The molecule has 13 heavy (non-hydrogen) atoms.